The van der Waals surface area contributed by atoms with Crippen LogP contribution in [-0.2, 0) is 19.1 Å². The van der Waals surface area contributed by atoms with E-state index >= 15 is 26.3 Å². The number of rotatable bonds is 5. The van der Waals surface area contributed by atoms with Gasteiger partial charge in [-0.25, -0.2) is 35.9 Å². The molecule has 0 saturated heterocycles. The van der Waals surface area contributed by atoms with E-state index in [1.165, 1.54) is 0 Å². The molecule has 0 aromatic rings. The number of alkyl halides is 14. The molecule has 2 aliphatic rings. The first-order valence-electron chi connectivity index (χ1n) is 8.83. The maximum Gasteiger partial charge on any atom is 0.345 e. The molecule has 0 aliphatic heterocycles. The van der Waals surface area contributed by atoms with Crippen molar-refractivity contribution < 1.29 is 85.6 Å². The minimum atomic E-state index is -7.57. The summed E-state index contributed by atoms with van der Waals surface area (Å²) in [5.74, 6) is -34.8. The van der Waals surface area contributed by atoms with Gasteiger partial charge < -0.3 is 14.6 Å². The molecule has 5 unspecified atom stereocenters. The van der Waals surface area contributed by atoms with Gasteiger partial charge in [0.25, 0.3) is 17.8 Å². The summed E-state index contributed by atoms with van der Waals surface area (Å²) in [4.78, 5) is 22.5. The van der Waals surface area contributed by atoms with Crippen molar-refractivity contribution in [3.63, 3.8) is 0 Å². The van der Waals surface area contributed by atoms with Crippen molar-refractivity contribution in [3.05, 3.63) is 0 Å². The second-order valence-corrected chi connectivity index (χ2v) is 7.95. The van der Waals surface area contributed by atoms with Crippen molar-refractivity contribution in [3.8, 4) is 0 Å². The molecular formula is C16H12F14O5. The van der Waals surface area contributed by atoms with E-state index in [-0.39, 0.29) is 0 Å². The van der Waals surface area contributed by atoms with Gasteiger partial charge in [0.05, 0.1) is 0 Å². The molecule has 0 spiro atoms. The second kappa shape index (κ2) is 7.24. The topological polar surface area (TPSA) is 72.8 Å². The maximum absolute atomic E-state index is 15.4. The zero-order valence-electron chi connectivity index (χ0n) is 16.9. The summed E-state index contributed by atoms with van der Waals surface area (Å²) >= 11 is 0. The third-order valence-corrected chi connectivity index (χ3v) is 6.21. The van der Waals surface area contributed by atoms with Crippen LogP contribution in [0.5, 0.6) is 0 Å². The van der Waals surface area contributed by atoms with Crippen molar-refractivity contribution in [2.75, 3.05) is 13.2 Å². The van der Waals surface area contributed by atoms with E-state index in [4.69, 9.17) is 5.11 Å². The average molecular weight is 550 g/mol. The van der Waals surface area contributed by atoms with Gasteiger partial charge in [-0.2, -0.15) is 35.1 Å². The Morgan fingerprint density at radius 3 is 1.57 bits per heavy atom. The van der Waals surface area contributed by atoms with Crippen molar-refractivity contribution in [1.29, 1.82) is 0 Å². The van der Waals surface area contributed by atoms with Crippen LogP contribution in [0, 0.1) is 0 Å². The largest absolute Gasteiger partial charge is 0.452 e. The Morgan fingerprint density at radius 1 is 0.714 bits per heavy atom. The zero-order valence-corrected chi connectivity index (χ0v) is 16.9. The summed E-state index contributed by atoms with van der Waals surface area (Å²) in [6.07, 6.45) is -5.85. The standard InChI is InChI=1S/C16H12F14O5/c1-8(19)10(21,7(17)18)15(27,28)12(35-6(33)4-34-5(32)3-31)14(25,26)9(2,20)13(23,24)11(8,22)16(12,29)30/h7,31H,3-4H2,1-2H3. The van der Waals surface area contributed by atoms with Crippen LogP contribution in [-0.4, -0.2) is 88.7 Å². The Labute approximate surface area is 184 Å². The van der Waals surface area contributed by atoms with Gasteiger partial charge in [-0.1, -0.05) is 0 Å². The number of carbonyl (C=O) groups is 2. The van der Waals surface area contributed by atoms with E-state index < -0.39 is 97.4 Å². The second-order valence-electron chi connectivity index (χ2n) is 7.95. The summed E-state index contributed by atoms with van der Waals surface area (Å²) < 4.78 is 213. The van der Waals surface area contributed by atoms with Crippen LogP contribution in [0.4, 0.5) is 61.5 Å². The Kier molecular flexibility index (Phi) is 6.03. The molecule has 2 rings (SSSR count). The Bertz CT molecular complexity index is 910. The molecule has 0 radical (unpaired) electrons. The van der Waals surface area contributed by atoms with Gasteiger partial charge in [0.15, 0.2) is 12.3 Å². The first kappa shape index (κ1) is 29.2. The van der Waals surface area contributed by atoms with Crippen molar-refractivity contribution in [1.82, 2.24) is 0 Å². The average Bonchev–Trinajstić information content (AvgIpc) is 2.71. The predicted octanol–water partition coefficient (Wildman–Crippen LogP) is 3.51. The van der Waals surface area contributed by atoms with Crippen LogP contribution in [0.1, 0.15) is 13.8 Å². The molecule has 5 atom stereocenters. The summed E-state index contributed by atoms with van der Waals surface area (Å²) in [6, 6.07) is 0. The first-order chi connectivity index (χ1) is 15.3. The SMILES string of the molecule is CC1(F)C(F)(F)C2(F)C(C)(F)C(F)(C(F)F)C(F)(F)C(OC(=O)COC(=O)CO)(C1(F)F)C2(F)F. The lowest BCUT2D eigenvalue weighted by Crippen LogP contribution is -3.01. The zero-order chi connectivity index (χ0) is 28.1. The number of esters is 2. The van der Waals surface area contributed by atoms with Crippen LogP contribution >= 0.6 is 0 Å². The third-order valence-electron chi connectivity index (χ3n) is 6.21. The summed E-state index contributed by atoms with van der Waals surface area (Å²) in [6.45, 7) is -6.51. The lowest BCUT2D eigenvalue weighted by atomic mass is 9.46. The minimum Gasteiger partial charge on any atom is -0.452 e. The first-order valence-corrected chi connectivity index (χ1v) is 8.83. The fourth-order valence-corrected chi connectivity index (χ4v) is 4.19. The normalized spacial score (nSPS) is 42.9. The van der Waals surface area contributed by atoms with E-state index in [1.807, 2.05) is 0 Å². The molecule has 2 bridgehead atoms. The van der Waals surface area contributed by atoms with Gasteiger partial charge >= 0.3 is 41.2 Å². The number of aliphatic hydroxyl groups excluding tert-OH is 1. The molecular weight excluding hydrogens is 538 g/mol. The van der Waals surface area contributed by atoms with E-state index in [0.29, 0.717) is 0 Å². The monoisotopic (exact) mass is 550 g/mol. The van der Waals surface area contributed by atoms with Crippen molar-refractivity contribution in [2.45, 2.75) is 72.2 Å². The van der Waals surface area contributed by atoms with Crippen molar-refractivity contribution >= 4 is 11.9 Å². The highest BCUT2D eigenvalue weighted by molar-refractivity contribution is 5.77. The van der Waals surface area contributed by atoms with Gasteiger partial charge in [-0.05, 0) is 13.8 Å². The molecule has 19 heteroatoms. The lowest BCUT2D eigenvalue weighted by Gasteiger charge is -2.68. The van der Waals surface area contributed by atoms with Crippen LogP contribution in [0.3, 0.4) is 0 Å². The van der Waals surface area contributed by atoms with E-state index in [9.17, 15) is 44.7 Å². The molecule has 1 N–H and O–H groups in total. The van der Waals surface area contributed by atoms with Gasteiger partial charge in [0.2, 0.25) is 5.67 Å². The lowest BCUT2D eigenvalue weighted by molar-refractivity contribution is -0.537. The van der Waals surface area contributed by atoms with Gasteiger partial charge in [0, 0.05) is 0 Å². The van der Waals surface area contributed by atoms with E-state index in [2.05, 4.69) is 9.47 Å². The summed E-state index contributed by atoms with van der Waals surface area (Å²) in [5.41, 5.74) is -34.5. The fraction of sp³-hybridized carbons (Fsp3) is 0.875. The van der Waals surface area contributed by atoms with E-state index in [1.54, 1.807) is 0 Å². The summed E-state index contributed by atoms with van der Waals surface area (Å²) in [5, 5.41) is 8.36. The number of ether oxygens (including phenoxy) is 2. The van der Waals surface area contributed by atoms with Crippen LogP contribution in [0.25, 0.3) is 0 Å². The molecule has 0 amide bonds. The summed E-state index contributed by atoms with van der Waals surface area (Å²) in [7, 11) is 0. The number of carbonyl (C=O) groups excluding carboxylic acids is 2. The molecule has 0 heterocycles. The highest BCUT2D eigenvalue weighted by Gasteiger charge is 3.12. The van der Waals surface area contributed by atoms with Gasteiger partial charge in [0.1, 0.15) is 6.61 Å². The number of aliphatic hydroxyl groups is 1. The Balaban J connectivity index is 3.09. The van der Waals surface area contributed by atoms with Gasteiger partial charge in [-0.3, -0.25) is 0 Å². The van der Waals surface area contributed by atoms with Gasteiger partial charge in [-0.15, -0.1) is 0 Å². The number of hydrogen-bond acceptors (Lipinski definition) is 5. The number of halogens is 14. The number of fused-ring (bicyclic) bond motifs is 2. The van der Waals surface area contributed by atoms with E-state index in [0.717, 1.165) is 0 Å². The fourth-order valence-electron chi connectivity index (χ4n) is 4.19. The molecule has 5 nitrogen and oxygen atoms in total. The molecule has 0 aromatic heterocycles. The minimum absolute atomic E-state index is 1.22. The molecule has 35 heavy (non-hydrogen) atoms. The molecule has 0 aromatic carbocycles. The molecule has 2 fully saturated rings. The van der Waals surface area contributed by atoms with Crippen LogP contribution in [0.15, 0.2) is 0 Å². The highest BCUT2D eigenvalue weighted by atomic mass is 19.3. The Hall–Kier alpha value is -2.08. The smallest absolute Gasteiger partial charge is 0.345 e. The molecule has 2 saturated carbocycles. The third kappa shape index (κ3) is 2.55. The van der Waals surface area contributed by atoms with Crippen LogP contribution in [0.2, 0.25) is 0 Å². The molecule has 2 aliphatic carbocycles. The Morgan fingerprint density at radius 2 is 1.17 bits per heavy atom. The van der Waals surface area contributed by atoms with Crippen LogP contribution < -0.4 is 0 Å². The number of hydrogen-bond donors (Lipinski definition) is 1. The van der Waals surface area contributed by atoms with Crippen molar-refractivity contribution in [2.24, 2.45) is 0 Å². The predicted molar refractivity (Wildman–Crippen MR) is 79.4 cm³/mol. The highest BCUT2D eigenvalue weighted by Crippen LogP contribution is 2.80. The quantitative estimate of drug-likeness (QED) is 0.420. The molecule has 204 valence electrons. The maximum atomic E-state index is 15.4.